The number of amides is 2. The molecule has 2 aromatic carbocycles. The topological polar surface area (TPSA) is 63.1 Å². The third kappa shape index (κ3) is 4.35. The van der Waals surface area contributed by atoms with E-state index in [4.69, 9.17) is 0 Å². The van der Waals surface area contributed by atoms with Crippen molar-refractivity contribution in [1.29, 1.82) is 0 Å². The van der Waals surface area contributed by atoms with Gasteiger partial charge in [-0.3, -0.25) is 20.4 Å². The lowest BCUT2D eigenvalue weighted by molar-refractivity contribution is -0.127. The third-order valence-electron chi connectivity index (χ3n) is 3.82. The van der Waals surface area contributed by atoms with E-state index in [9.17, 15) is 9.59 Å². The Hall–Kier alpha value is -3.34. The SMILES string of the molecule is Cc1ccc(/C=C/C(=O)NNC(=O)Cn2ccc3ccccc32)cc1. The highest BCUT2D eigenvalue weighted by Gasteiger charge is 2.06. The lowest BCUT2D eigenvalue weighted by Crippen LogP contribution is -2.42. The van der Waals surface area contributed by atoms with E-state index in [1.165, 1.54) is 6.08 Å². The van der Waals surface area contributed by atoms with E-state index in [1.807, 2.05) is 72.3 Å². The molecule has 0 spiro atoms. The van der Waals surface area contributed by atoms with Gasteiger partial charge in [-0.2, -0.15) is 0 Å². The molecular weight excluding hydrogens is 314 g/mol. The summed E-state index contributed by atoms with van der Waals surface area (Å²) in [6.45, 7) is 2.14. The molecule has 1 aromatic heterocycles. The number of nitrogens with zero attached hydrogens (tertiary/aromatic N) is 1. The van der Waals surface area contributed by atoms with Crippen LogP contribution in [-0.2, 0) is 16.1 Å². The molecule has 0 aliphatic rings. The van der Waals surface area contributed by atoms with Gasteiger partial charge < -0.3 is 4.57 Å². The highest BCUT2D eigenvalue weighted by Crippen LogP contribution is 2.14. The lowest BCUT2D eigenvalue weighted by atomic mass is 10.1. The van der Waals surface area contributed by atoms with Crippen LogP contribution in [0.2, 0.25) is 0 Å². The van der Waals surface area contributed by atoms with E-state index in [0.29, 0.717) is 0 Å². The normalized spacial score (nSPS) is 10.9. The van der Waals surface area contributed by atoms with Gasteiger partial charge in [0, 0.05) is 17.8 Å². The number of carbonyl (C=O) groups excluding carboxylic acids is 2. The summed E-state index contributed by atoms with van der Waals surface area (Å²) in [4.78, 5) is 23.8. The Morgan fingerprint density at radius 1 is 1.00 bits per heavy atom. The molecule has 1 heterocycles. The molecule has 0 radical (unpaired) electrons. The molecule has 5 nitrogen and oxygen atoms in total. The Bertz CT molecular complexity index is 924. The Balaban J connectivity index is 1.51. The molecule has 0 saturated carbocycles. The molecule has 0 unspecified atom stereocenters. The van der Waals surface area contributed by atoms with Gasteiger partial charge in [0.05, 0.1) is 0 Å². The second-order valence-corrected chi connectivity index (χ2v) is 5.78. The molecule has 2 N–H and O–H groups in total. The van der Waals surface area contributed by atoms with Crippen molar-refractivity contribution in [2.45, 2.75) is 13.5 Å². The fraction of sp³-hybridized carbons (Fsp3) is 0.100. The Morgan fingerprint density at radius 2 is 1.76 bits per heavy atom. The van der Waals surface area contributed by atoms with Crippen LogP contribution in [0.1, 0.15) is 11.1 Å². The quantitative estimate of drug-likeness (QED) is 0.570. The van der Waals surface area contributed by atoms with Gasteiger partial charge in [-0.05, 0) is 36.1 Å². The molecule has 0 atom stereocenters. The third-order valence-corrected chi connectivity index (χ3v) is 3.82. The Kier molecular flexibility index (Phi) is 4.95. The molecule has 0 aliphatic heterocycles. The van der Waals surface area contributed by atoms with Gasteiger partial charge in [-0.25, -0.2) is 0 Å². The average molecular weight is 333 g/mol. The van der Waals surface area contributed by atoms with Crippen LogP contribution in [0.25, 0.3) is 17.0 Å². The number of nitrogens with one attached hydrogen (secondary N) is 2. The number of carbonyl (C=O) groups is 2. The molecular formula is C20H19N3O2. The van der Waals surface area contributed by atoms with Crippen molar-refractivity contribution in [3.05, 3.63) is 78.0 Å². The van der Waals surface area contributed by atoms with Gasteiger partial charge in [-0.15, -0.1) is 0 Å². The number of rotatable bonds is 4. The van der Waals surface area contributed by atoms with Crippen LogP contribution in [0.3, 0.4) is 0 Å². The number of benzene rings is 2. The summed E-state index contributed by atoms with van der Waals surface area (Å²) < 4.78 is 1.83. The zero-order chi connectivity index (χ0) is 17.6. The van der Waals surface area contributed by atoms with Gasteiger partial charge in [0.1, 0.15) is 6.54 Å². The molecule has 0 aliphatic carbocycles. The minimum atomic E-state index is -0.383. The number of fused-ring (bicyclic) bond motifs is 1. The average Bonchev–Trinajstić information content (AvgIpc) is 3.02. The zero-order valence-electron chi connectivity index (χ0n) is 13.9. The number of hydrazine groups is 1. The van der Waals surface area contributed by atoms with Crippen LogP contribution in [0, 0.1) is 6.92 Å². The number of para-hydroxylation sites is 1. The second kappa shape index (κ2) is 7.49. The van der Waals surface area contributed by atoms with E-state index >= 15 is 0 Å². The van der Waals surface area contributed by atoms with Gasteiger partial charge in [-0.1, -0.05) is 48.0 Å². The van der Waals surface area contributed by atoms with Gasteiger partial charge in [0.15, 0.2) is 0 Å². The molecule has 0 bridgehead atoms. The predicted octanol–water partition coefficient (Wildman–Crippen LogP) is 2.81. The minimum Gasteiger partial charge on any atom is -0.338 e. The van der Waals surface area contributed by atoms with Crippen LogP contribution < -0.4 is 10.9 Å². The molecule has 0 saturated heterocycles. The first kappa shape index (κ1) is 16.5. The Labute approximate surface area is 145 Å². The largest absolute Gasteiger partial charge is 0.338 e. The molecule has 25 heavy (non-hydrogen) atoms. The molecule has 3 aromatic rings. The van der Waals surface area contributed by atoms with Crippen molar-refractivity contribution < 1.29 is 9.59 Å². The summed E-state index contributed by atoms with van der Waals surface area (Å²) in [5.74, 6) is -0.676. The van der Waals surface area contributed by atoms with E-state index in [0.717, 1.165) is 22.0 Å². The highest BCUT2D eigenvalue weighted by atomic mass is 16.2. The van der Waals surface area contributed by atoms with Crippen molar-refractivity contribution >= 4 is 28.8 Å². The van der Waals surface area contributed by atoms with Crippen LogP contribution in [0.4, 0.5) is 0 Å². The molecule has 126 valence electrons. The van der Waals surface area contributed by atoms with Crippen molar-refractivity contribution in [3.63, 3.8) is 0 Å². The maximum Gasteiger partial charge on any atom is 0.262 e. The zero-order valence-corrected chi connectivity index (χ0v) is 13.9. The van der Waals surface area contributed by atoms with Crippen molar-refractivity contribution in [3.8, 4) is 0 Å². The van der Waals surface area contributed by atoms with Gasteiger partial charge >= 0.3 is 0 Å². The summed E-state index contributed by atoms with van der Waals surface area (Å²) in [6, 6.07) is 17.6. The maximum atomic E-state index is 12.0. The van der Waals surface area contributed by atoms with Gasteiger partial charge in [0.2, 0.25) is 0 Å². The fourth-order valence-electron chi connectivity index (χ4n) is 2.50. The van der Waals surface area contributed by atoms with Crippen LogP contribution in [-0.4, -0.2) is 16.4 Å². The van der Waals surface area contributed by atoms with E-state index in [-0.39, 0.29) is 18.4 Å². The van der Waals surface area contributed by atoms with E-state index in [1.54, 1.807) is 6.08 Å². The predicted molar refractivity (Wildman–Crippen MR) is 98.4 cm³/mol. The number of aryl methyl sites for hydroxylation is 1. The van der Waals surface area contributed by atoms with Gasteiger partial charge in [0.25, 0.3) is 11.8 Å². The fourth-order valence-corrected chi connectivity index (χ4v) is 2.50. The molecule has 5 heteroatoms. The van der Waals surface area contributed by atoms with E-state index in [2.05, 4.69) is 10.9 Å². The summed E-state index contributed by atoms with van der Waals surface area (Å²) in [7, 11) is 0. The second-order valence-electron chi connectivity index (χ2n) is 5.78. The first-order valence-corrected chi connectivity index (χ1v) is 7.99. The van der Waals surface area contributed by atoms with Crippen LogP contribution in [0.5, 0.6) is 0 Å². The van der Waals surface area contributed by atoms with Crippen molar-refractivity contribution in [2.75, 3.05) is 0 Å². The summed E-state index contributed by atoms with van der Waals surface area (Å²) in [5, 5.41) is 1.07. The number of aromatic nitrogens is 1. The summed E-state index contributed by atoms with van der Waals surface area (Å²) in [6.07, 6.45) is 4.93. The maximum absolute atomic E-state index is 12.0. The number of hydrogen-bond acceptors (Lipinski definition) is 2. The number of hydrogen-bond donors (Lipinski definition) is 2. The monoisotopic (exact) mass is 333 g/mol. The smallest absolute Gasteiger partial charge is 0.262 e. The minimum absolute atomic E-state index is 0.134. The Morgan fingerprint density at radius 3 is 2.56 bits per heavy atom. The first-order valence-electron chi connectivity index (χ1n) is 7.99. The van der Waals surface area contributed by atoms with Crippen molar-refractivity contribution in [2.24, 2.45) is 0 Å². The van der Waals surface area contributed by atoms with Crippen molar-refractivity contribution in [1.82, 2.24) is 15.4 Å². The highest BCUT2D eigenvalue weighted by molar-refractivity contribution is 5.93. The van der Waals surface area contributed by atoms with Crippen LogP contribution in [0.15, 0.2) is 66.9 Å². The summed E-state index contributed by atoms with van der Waals surface area (Å²) in [5.41, 5.74) is 7.86. The van der Waals surface area contributed by atoms with Crippen LogP contribution >= 0.6 is 0 Å². The molecule has 2 amide bonds. The molecule has 0 fully saturated rings. The summed E-state index contributed by atoms with van der Waals surface area (Å²) >= 11 is 0. The lowest BCUT2D eigenvalue weighted by Gasteiger charge is -2.07. The molecule has 3 rings (SSSR count). The standard InChI is InChI=1S/C20H19N3O2/c1-15-6-8-16(9-7-15)10-11-19(24)21-22-20(25)14-23-13-12-17-4-2-3-5-18(17)23/h2-13H,14H2,1H3,(H,21,24)(H,22,25)/b11-10+. The first-order chi connectivity index (χ1) is 12.1. The van der Waals surface area contributed by atoms with E-state index < -0.39 is 0 Å².